The van der Waals surface area contributed by atoms with Gasteiger partial charge in [-0.15, -0.1) is 11.3 Å². The van der Waals surface area contributed by atoms with E-state index in [2.05, 4.69) is 10.6 Å². The van der Waals surface area contributed by atoms with Crippen molar-refractivity contribution in [2.24, 2.45) is 0 Å². The van der Waals surface area contributed by atoms with Gasteiger partial charge in [0.2, 0.25) is 11.8 Å². The molecule has 8 heteroatoms. The average molecular weight is 380 g/mol. The van der Waals surface area contributed by atoms with Crippen LogP contribution in [0.2, 0.25) is 5.02 Å². The van der Waals surface area contributed by atoms with Gasteiger partial charge in [0.1, 0.15) is 0 Å². The van der Waals surface area contributed by atoms with Crippen LogP contribution < -0.4 is 10.6 Å². The molecule has 0 aliphatic carbocycles. The van der Waals surface area contributed by atoms with Gasteiger partial charge in [0.25, 0.3) is 5.91 Å². The Morgan fingerprint density at radius 1 is 1.20 bits per heavy atom. The highest BCUT2D eigenvalue weighted by Gasteiger charge is 2.14. The van der Waals surface area contributed by atoms with Gasteiger partial charge in [-0.25, -0.2) is 0 Å². The smallest absolute Gasteiger partial charge is 0.261 e. The van der Waals surface area contributed by atoms with Crippen molar-refractivity contribution in [2.45, 2.75) is 6.42 Å². The van der Waals surface area contributed by atoms with Crippen molar-refractivity contribution in [2.75, 3.05) is 25.5 Å². The molecule has 0 bridgehead atoms. The summed E-state index contributed by atoms with van der Waals surface area (Å²) >= 11 is 7.19. The van der Waals surface area contributed by atoms with Gasteiger partial charge in [-0.2, -0.15) is 0 Å². The van der Waals surface area contributed by atoms with Crippen LogP contribution in [-0.2, 0) is 9.59 Å². The van der Waals surface area contributed by atoms with E-state index in [1.165, 1.54) is 16.2 Å². The van der Waals surface area contributed by atoms with Crippen molar-refractivity contribution < 1.29 is 14.4 Å². The van der Waals surface area contributed by atoms with Gasteiger partial charge >= 0.3 is 0 Å². The molecule has 0 saturated carbocycles. The fraction of sp³-hybridized carbons (Fsp3) is 0.235. The molecular weight excluding hydrogens is 362 g/mol. The molecule has 6 nitrogen and oxygen atoms in total. The lowest BCUT2D eigenvalue weighted by atomic mass is 10.3. The SMILES string of the molecule is CN(CC(=O)Nc1cccc(Cl)c1)C(=O)CCNC(=O)c1cccs1. The van der Waals surface area contributed by atoms with Gasteiger partial charge < -0.3 is 15.5 Å². The molecule has 1 heterocycles. The van der Waals surface area contributed by atoms with E-state index < -0.39 is 0 Å². The molecule has 0 spiro atoms. The Morgan fingerprint density at radius 2 is 2.00 bits per heavy atom. The molecule has 2 aromatic rings. The van der Waals surface area contributed by atoms with Gasteiger partial charge in [0.05, 0.1) is 11.4 Å². The number of thiophene rings is 1. The quantitative estimate of drug-likeness (QED) is 0.776. The highest BCUT2D eigenvalue weighted by Crippen LogP contribution is 2.14. The summed E-state index contributed by atoms with van der Waals surface area (Å²) in [4.78, 5) is 37.7. The van der Waals surface area contributed by atoms with Crippen LogP contribution in [0.3, 0.4) is 0 Å². The number of carbonyl (C=O) groups excluding carboxylic acids is 3. The monoisotopic (exact) mass is 379 g/mol. The van der Waals surface area contributed by atoms with Crippen molar-refractivity contribution >= 4 is 46.3 Å². The number of nitrogens with zero attached hydrogens (tertiary/aromatic N) is 1. The lowest BCUT2D eigenvalue weighted by Crippen LogP contribution is -2.37. The molecule has 2 rings (SSSR count). The fourth-order valence-corrected chi connectivity index (χ4v) is 2.87. The van der Waals surface area contributed by atoms with Gasteiger partial charge in [0, 0.05) is 30.7 Å². The number of anilines is 1. The maximum absolute atomic E-state index is 12.0. The third kappa shape index (κ3) is 6.21. The number of hydrogen-bond donors (Lipinski definition) is 2. The zero-order valence-electron chi connectivity index (χ0n) is 13.6. The lowest BCUT2D eigenvalue weighted by Gasteiger charge is -2.17. The van der Waals surface area contributed by atoms with E-state index in [1.54, 1.807) is 43.4 Å². The Hall–Kier alpha value is -2.38. The third-order valence-corrected chi connectivity index (χ3v) is 4.39. The lowest BCUT2D eigenvalue weighted by molar-refractivity contribution is -0.133. The Labute approximate surface area is 154 Å². The molecule has 2 N–H and O–H groups in total. The van der Waals surface area contributed by atoms with Crippen LogP contribution in [-0.4, -0.2) is 42.8 Å². The van der Waals surface area contributed by atoms with Gasteiger partial charge in [-0.1, -0.05) is 23.7 Å². The Kier molecular flexibility index (Phi) is 6.97. The third-order valence-electron chi connectivity index (χ3n) is 3.28. The van der Waals surface area contributed by atoms with E-state index in [9.17, 15) is 14.4 Å². The highest BCUT2D eigenvalue weighted by atomic mass is 35.5. The molecule has 132 valence electrons. The van der Waals surface area contributed by atoms with Gasteiger partial charge in [-0.3, -0.25) is 14.4 Å². The Morgan fingerprint density at radius 3 is 2.68 bits per heavy atom. The Balaban J connectivity index is 1.72. The molecule has 0 atom stereocenters. The summed E-state index contributed by atoms with van der Waals surface area (Å²) < 4.78 is 0. The largest absolute Gasteiger partial charge is 0.351 e. The topological polar surface area (TPSA) is 78.5 Å². The van der Waals surface area contributed by atoms with Crippen LogP contribution in [0.15, 0.2) is 41.8 Å². The summed E-state index contributed by atoms with van der Waals surface area (Å²) in [5, 5.41) is 7.68. The highest BCUT2D eigenvalue weighted by molar-refractivity contribution is 7.12. The normalized spacial score (nSPS) is 10.2. The van der Waals surface area contributed by atoms with E-state index in [1.807, 2.05) is 5.38 Å². The number of carbonyl (C=O) groups is 3. The zero-order valence-corrected chi connectivity index (χ0v) is 15.2. The maximum Gasteiger partial charge on any atom is 0.261 e. The predicted molar refractivity (Wildman–Crippen MR) is 99.0 cm³/mol. The second kappa shape index (κ2) is 9.19. The average Bonchev–Trinajstić information content (AvgIpc) is 3.09. The first-order valence-corrected chi connectivity index (χ1v) is 8.82. The first kappa shape index (κ1) is 19.0. The fourth-order valence-electron chi connectivity index (χ4n) is 2.04. The molecule has 0 unspecified atom stereocenters. The predicted octanol–water partition coefficient (Wildman–Crippen LogP) is 2.62. The number of likely N-dealkylation sites (N-methyl/N-ethyl adjacent to an activating group) is 1. The summed E-state index contributed by atoms with van der Waals surface area (Å²) in [6.07, 6.45) is 0.123. The number of nitrogens with one attached hydrogen (secondary N) is 2. The van der Waals surface area contributed by atoms with E-state index in [0.717, 1.165) is 0 Å². The number of halogens is 1. The number of hydrogen-bond acceptors (Lipinski definition) is 4. The standard InChI is InChI=1S/C17H18ClN3O3S/c1-21(11-15(22)20-13-5-2-4-12(18)10-13)16(23)7-8-19-17(24)14-6-3-9-25-14/h2-6,9-10H,7-8,11H2,1H3,(H,19,24)(H,20,22). The molecule has 1 aromatic heterocycles. The van der Waals surface area contributed by atoms with Crippen LogP contribution in [0.25, 0.3) is 0 Å². The molecule has 0 aliphatic rings. The zero-order chi connectivity index (χ0) is 18.2. The first-order valence-electron chi connectivity index (χ1n) is 7.57. The first-order chi connectivity index (χ1) is 12.0. The molecule has 25 heavy (non-hydrogen) atoms. The van der Waals surface area contributed by atoms with Crippen molar-refractivity contribution in [3.63, 3.8) is 0 Å². The molecule has 1 aromatic carbocycles. The second-order valence-electron chi connectivity index (χ2n) is 5.29. The second-order valence-corrected chi connectivity index (χ2v) is 6.68. The number of rotatable bonds is 7. The molecule has 0 fully saturated rings. The molecule has 0 radical (unpaired) electrons. The minimum absolute atomic E-state index is 0.0791. The van der Waals surface area contributed by atoms with Crippen LogP contribution >= 0.6 is 22.9 Å². The number of amides is 3. The van der Waals surface area contributed by atoms with E-state index >= 15 is 0 Å². The van der Waals surface area contributed by atoms with Crippen LogP contribution in [0.4, 0.5) is 5.69 Å². The minimum atomic E-state index is -0.319. The summed E-state index contributed by atoms with van der Waals surface area (Å²) in [5.41, 5.74) is 0.571. The van der Waals surface area contributed by atoms with E-state index in [-0.39, 0.29) is 37.2 Å². The molecule has 0 saturated heterocycles. The van der Waals surface area contributed by atoms with Crippen LogP contribution in [0.5, 0.6) is 0 Å². The maximum atomic E-state index is 12.0. The van der Waals surface area contributed by atoms with Crippen molar-refractivity contribution in [3.05, 3.63) is 51.7 Å². The van der Waals surface area contributed by atoms with Gasteiger partial charge in [0.15, 0.2) is 0 Å². The van der Waals surface area contributed by atoms with Crippen LogP contribution in [0, 0.1) is 0 Å². The summed E-state index contributed by atoms with van der Waals surface area (Å²) in [5.74, 6) is -0.752. The minimum Gasteiger partial charge on any atom is -0.351 e. The molecule has 0 aliphatic heterocycles. The Bertz CT molecular complexity index is 749. The molecular formula is C17H18ClN3O3S. The summed E-state index contributed by atoms with van der Waals surface area (Å²) in [6.45, 7) is 0.139. The van der Waals surface area contributed by atoms with Crippen molar-refractivity contribution in [1.29, 1.82) is 0 Å². The number of benzene rings is 1. The van der Waals surface area contributed by atoms with Crippen molar-refractivity contribution in [1.82, 2.24) is 10.2 Å². The van der Waals surface area contributed by atoms with E-state index in [0.29, 0.717) is 15.6 Å². The van der Waals surface area contributed by atoms with Crippen molar-refractivity contribution in [3.8, 4) is 0 Å². The van der Waals surface area contributed by atoms with Crippen LogP contribution in [0.1, 0.15) is 16.1 Å². The van der Waals surface area contributed by atoms with Gasteiger partial charge in [-0.05, 0) is 29.6 Å². The molecule has 3 amide bonds. The summed E-state index contributed by atoms with van der Waals surface area (Å²) in [7, 11) is 1.54. The summed E-state index contributed by atoms with van der Waals surface area (Å²) in [6, 6.07) is 10.3. The van der Waals surface area contributed by atoms with E-state index in [4.69, 9.17) is 11.6 Å².